The number of carbonyl (C=O) groups excluding carboxylic acids is 2. The lowest BCUT2D eigenvalue weighted by atomic mass is 10.0. The number of rotatable bonds is 33. The lowest BCUT2D eigenvalue weighted by Gasteiger charge is -2.10. The minimum absolute atomic E-state index is 0.184. The predicted molar refractivity (Wildman–Crippen MR) is 219 cm³/mol. The average Bonchev–Trinajstić information content (AvgIpc) is 3.15. The highest BCUT2D eigenvalue weighted by Gasteiger charge is 2.11. The van der Waals surface area contributed by atoms with Crippen LogP contribution in [0.4, 0.5) is 5.69 Å². The monoisotopic (exact) mass is 720 g/mol. The summed E-state index contributed by atoms with van der Waals surface area (Å²) in [6.07, 6.45) is 35.8. The van der Waals surface area contributed by atoms with Crippen molar-refractivity contribution in [2.45, 2.75) is 194 Å². The summed E-state index contributed by atoms with van der Waals surface area (Å²) in [5, 5.41) is 0. The molecule has 0 atom stereocenters. The van der Waals surface area contributed by atoms with Gasteiger partial charge in [-0.05, 0) is 60.9 Å². The highest BCUT2D eigenvalue weighted by molar-refractivity contribution is 5.83. The Morgan fingerprint density at radius 3 is 1.33 bits per heavy atom. The summed E-state index contributed by atoms with van der Waals surface area (Å²) in [5.41, 5.74) is 1.56. The lowest BCUT2D eigenvalue weighted by molar-refractivity contribution is -0.135. The van der Waals surface area contributed by atoms with E-state index in [4.69, 9.17) is 14.2 Å². The van der Waals surface area contributed by atoms with Gasteiger partial charge in [0.15, 0.2) is 11.5 Å². The van der Waals surface area contributed by atoms with Crippen LogP contribution in [-0.4, -0.2) is 25.3 Å². The normalized spacial score (nSPS) is 11.3. The van der Waals surface area contributed by atoms with Crippen LogP contribution in [0.15, 0.2) is 47.5 Å². The SMILES string of the molecule is CCCCCCCCCCCCCCCC(=O)Oc1ccc(N=Cc2ccc(OC(=O)CCCCCCCCCCCCCCC)c(OC)c2)cc1. The first kappa shape index (κ1) is 45.0. The fourth-order valence-electron chi connectivity index (χ4n) is 6.53. The summed E-state index contributed by atoms with van der Waals surface area (Å²) >= 11 is 0. The van der Waals surface area contributed by atoms with Crippen molar-refractivity contribution >= 4 is 23.8 Å². The van der Waals surface area contributed by atoms with Crippen molar-refractivity contribution in [3.63, 3.8) is 0 Å². The highest BCUT2D eigenvalue weighted by Crippen LogP contribution is 2.29. The standard InChI is InChI=1S/C46H73NO5/c1-4-6-8-10-12-14-16-18-20-22-24-26-28-30-45(48)51-42-35-33-41(34-36-42)47-39-40-32-37-43(44(38-40)50-3)52-46(49)31-29-27-25-23-21-19-17-15-13-11-9-7-5-2/h32-39H,4-31H2,1-3H3. The number of unbranched alkanes of at least 4 members (excludes halogenated alkanes) is 24. The van der Waals surface area contributed by atoms with Crippen molar-refractivity contribution in [3.8, 4) is 17.2 Å². The van der Waals surface area contributed by atoms with Crippen LogP contribution in [0, 0.1) is 0 Å². The van der Waals surface area contributed by atoms with E-state index in [-0.39, 0.29) is 11.9 Å². The molecule has 52 heavy (non-hydrogen) atoms. The zero-order valence-corrected chi connectivity index (χ0v) is 33.4. The maximum atomic E-state index is 12.5. The van der Waals surface area contributed by atoms with Gasteiger partial charge in [-0.2, -0.15) is 0 Å². The van der Waals surface area contributed by atoms with Crippen LogP contribution in [0.2, 0.25) is 0 Å². The summed E-state index contributed by atoms with van der Waals surface area (Å²) < 4.78 is 16.7. The summed E-state index contributed by atoms with van der Waals surface area (Å²) in [4.78, 5) is 29.4. The third kappa shape index (κ3) is 23.4. The van der Waals surface area contributed by atoms with E-state index in [1.807, 2.05) is 24.3 Å². The molecule has 0 heterocycles. The van der Waals surface area contributed by atoms with Crippen LogP contribution >= 0.6 is 0 Å². The summed E-state index contributed by atoms with van der Waals surface area (Å²) in [7, 11) is 1.57. The molecule has 0 aliphatic carbocycles. The molecule has 0 amide bonds. The molecule has 6 nitrogen and oxygen atoms in total. The topological polar surface area (TPSA) is 74.2 Å². The highest BCUT2D eigenvalue weighted by atomic mass is 16.6. The molecule has 0 bridgehead atoms. The summed E-state index contributed by atoms with van der Waals surface area (Å²) in [5.74, 6) is 1.03. The number of nitrogens with zero attached hydrogens (tertiary/aromatic N) is 1. The Morgan fingerprint density at radius 1 is 0.500 bits per heavy atom. The Labute approximate surface area is 317 Å². The van der Waals surface area contributed by atoms with Gasteiger partial charge in [0, 0.05) is 19.1 Å². The molecule has 2 aromatic carbocycles. The van der Waals surface area contributed by atoms with E-state index in [0.29, 0.717) is 30.1 Å². The Kier molecular flexibility index (Phi) is 27.2. The number of benzene rings is 2. The molecule has 0 aliphatic heterocycles. The number of hydrogen-bond donors (Lipinski definition) is 0. The first-order chi connectivity index (χ1) is 25.5. The fourth-order valence-corrected chi connectivity index (χ4v) is 6.53. The number of hydrogen-bond acceptors (Lipinski definition) is 6. The van der Waals surface area contributed by atoms with Gasteiger partial charge in [-0.1, -0.05) is 168 Å². The van der Waals surface area contributed by atoms with Gasteiger partial charge in [0.2, 0.25) is 0 Å². The maximum Gasteiger partial charge on any atom is 0.311 e. The zero-order valence-electron chi connectivity index (χ0n) is 33.4. The molecule has 2 rings (SSSR count). The number of esters is 2. The number of aliphatic imine (C=N–C) groups is 1. The molecule has 6 heteroatoms. The Hall–Kier alpha value is -3.15. The van der Waals surface area contributed by atoms with Gasteiger partial charge in [0.25, 0.3) is 0 Å². The smallest absolute Gasteiger partial charge is 0.311 e. The van der Waals surface area contributed by atoms with Gasteiger partial charge in [0.05, 0.1) is 12.8 Å². The number of carbonyl (C=O) groups is 2. The van der Waals surface area contributed by atoms with Gasteiger partial charge in [0.1, 0.15) is 5.75 Å². The second kappa shape index (κ2) is 31.4. The van der Waals surface area contributed by atoms with Gasteiger partial charge >= 0.3 is 11.9 Å². The van der Waals surface area contributed by atoms with Crippen molar-refractivity contribution in [2.75, 3.05) is 7.11 Å². The lowest BCUT2D eigenvalue weighted by Crippen LogP contribution is -2.08. The molecule has 292 valence electrons. The molecule has 0 saturated heterocycles. The van der Waals surface area contributed by atoms with E-state index in [1.165, 1.54) is 141 Å². The fraction of sp³-hybridized carbons (Fsp3) is 0.674. The Morgan fingerprint density at radius 2 is 0.904 bits per heavy atom. The molecule has 0 fully saturated rings. The summed E-state index contributed by atoms with van der Waals surface area (Å²) in [6.45, 7) is 4.53. The van der Waals surface area contributed by atoms with Crippen molar-refractivity contribution < 1.29 is 23.8 Å². The zero-order chi connectivity index (χ0) is 37.3. The molecular formula is C46H73NO5. The van der Waals surface area contributed by atoms with Gasteiger partial charge < -0.3 is 14.2 Å². The van der Waals surface area contributed by atoms with Crippen molar-refractivity contribution in [1.29, 1.82) is 0 Å². The van der Waals surface area contributed by atoms with Crippen LogP contribution in [0.25, 0.3) is 0 Å². The maximum absolute atomic E-state index is 12.5. The second-order valence-corrected chi connectivity index (χ2v) is 14.6. The minimum atomic E-state index is -0.229. The third-order valence-electron chi connectivity index (χ3n) is 9.81. The van der Waals surface area contributed by atoms with E-state index in [1.54, 1.807) is 31.5 Å². The quantitative estimate of drug-likeness (QED) is 0.0318. The van der Waals surface area contributed by atoms with Crippen molar-refractivity contribution in [1.82, 2.24) is 0 Å². The van der Waals surface area contributed by atoms with Crippen LogP contribution in [0.3, 0.4) is 0 Å². The molecule has 0 unspecified atom stereocenters. The molecule has 2 aromatic rings. The molecular weight excluding hydrogens is 647 g/mol. The van der Waals surface area contributed by atoms with Gasteiger partial charge in [-0.3, -0.25) is 14.6 Å². The Balaban J connectivity index is 1.58. The molecule has 0 spiro atoms. The van der Waals surface area contributed by atoms with E-state index in [2.05, 4.69) is 18.8 Å². The van der Waals surface area contributed by atoms with Crippen molar-refractivity contribution in [3.05, 3.63) is 48.0 Å². The third-order valence-corrected chi connectivity index (χ3v) is 9.81. The summed E-state index contributed by atoms with van der Waals surface area (Å²) in [6, 6.07) is 12.6. The minimum Gasteiger partial charge on any atom is -0.493 e. The first-order valence-electron chi connectivity index (χ1n) is 21.3. The second-order valence-electron chi connectivity index (χ2n) is 14.6. The van der Waals surface area contributed by atoms with E-state index in [0.717, 1.165) is 36.9 Å². The molecule has 0 N–H and O–H groups in total. The van der Waals surface area contributed by atoms with Crippen LogP contribution in [-0.2, 0) is 9.59 Å². The van der Waals surface area contributed by atoms with Gasteiger partial charge in [-0.15, -0.1) is 0 Å². The molecule has 0 aliphatic rings. The van der Waals surface area contributed by atoms with Crippen LogP contribution < -0.4 is 14.2 Å². The predicted octanol–water partition coefficient (Wildman–Crippen LogP) is 14.2. The van der Waals surface area contributed by atoms with E-state index < -0.39 is 0 Å². The van der Waals surface area contributed by atoms with Crippen LogP contribution in [0.1, 0.15) is 199 Å². The molecule has 0 aromatic heterocycles. The largest absolute Gasteiger partial charge is 0.493 e. The molecule has 0 saturated carbocycles. The number of ether oxygens (including phenoxy) is 3. The Bertz CT molecular complexity index is 1210. The van der Waals surface area contributed by atoms with E-state index >= 15 is 0 Å². The van der Waals surface area contributed by atoms with Crippen LogP contribution in [0.5, 0.6) is 17.2 Å². The van der Waals surface area contributed by atoms with E-state index in [9.17, 15) is 9.59 Å². The number of methoxy groups -OCH3 is 1. The average molecular weight is 720 g/mol. The van der Waals surface area contributed by atoms with Crippen molar-refractivity contribution in [2.24, 2.45) is 4.99 Å². The first-order valence-corrected chi connectivity index (χ1v) is 21.3. The molecule has 0 radical (unpaired) electrons. The van der Waals surface area contributed by atoms with Gasteiger partial charge in [-0.25, -0.2) is 0 Å².